The summed E-state index contributed by atoms with van der Waals surface area (Å²) in [4.78, 5) is 33.3. The Morgan fingerprint density at radius 1 is 1.03 bits per heavy atom. The van der Waals surface area contributed by atoms with E-state index in [0.717, 1.165) is 31.4 Å². The molecule has 5 heteroatoms. The fourth-order valence-corrected chi connectivity index (χ4v) is 6.07. The Kier molecular flexibility index (Phi) is 5.99. The standard InChI is InChI=1S/C27H33N3O2/c31-25(14-11-22-10-5-15-28-18-22)30-23-12-13-24(30)27(17-23,16-20-6-2-1-3-7-20)26(32)29-19-21-8-4-9-21/h1-3,5-7,10,15,18,21,23-24H,4,8-9,11-14,16-17,19H2,(H,29,32)/t23-,24+,27+/m1/s1. The van der Waals surface area contributed by atoms with Crippen molar-refractivity contribution in [1.29, 1.82) is 0 Å². The maximum Gasteiger partial charge on any atom is 0.228 e. The predicted octanol–water partition coefficient (Wildman–Crippen LogP) is 3.92. The second-order valence-corrected chi connectivity index (χ2v) is 9.94. The van der Waals surface area contributed by atoms with Crippen molar-refractivity contribution < 1.29 is 9.59 Å². The van der Waals surface area contributed by atoms with E-state index in [1.54, 1.807) is 6.20 Å². The summed E-state index contributed by atoms with van der Waals surface area (Å²) in [5.41, 5.74) is 1.75. The lowest BCUT2D eigenvalue weighted by Gasteiger charge is -2.37. The van der Waals surface area contributed by atoms with E-state index >= 15 is 0 Å². The Morgan fingerprint density at radius 3 is 2.56 bits per heavy atom. The van der Waals surface area contributed by atoms with Gasteiger partial charge in [-0.15, -0.1) is 0 Å². The first-order chi connectivity index (χ1) is 15.7. The van der Waals surface area contributed by atoms with Gasteiger partial charge in [0, 0.05) is 37.4 Å². The third-order valence-corrected chi connectivity index (χ3v) is 7.97. The zero-order valence-corrected chi connectivity index (χ0v) is 18.7. The molecule has 1 aromatic heterocycles. The molecule has 2 saturated heterocycles. The Hall–Kier alpha value is -2.69. The Labute approximate surface area is 190 Å². The molecule has 3 heterocycles. The van der Waals surface area contributed by atoms with Crippen molar-refractivity contribution in [3.63, 3.8) is 0 Å². The van der Waals surface area contributed by atoms with Gasteiger partial charge in [-0.2, -0.15) is 0 Å². The van der Waals surface area contributed by atoms with E-state index in [1.165, 1.54) is 24.8 Å². The molecule has 32 heavy (non-hydrogen) atoms. The van der Waals surface area contributed by atoms with E-state index in [0.29, 0.717) is 25.2 Å². The number of pyridine rings is 1. The van der Waals surface area contributed by atoms with Crippen molar-refractivity contribution in [3.8, 4) is 0 Å². The van der Waals surface area contributed by atoms with E-state index < -0.39 is 5.41 Å². The number of hydrogen-bond donors (Lipinski definition) is 1. The first kappa shape index (κ1) is 21.2. The monoisotopic (exact) mass is 431 g/mol. The van der Waals surface area contributed by atoms with Gasteiger partial charge in [-0.25, -0.2) is 0 Å². The maximum absolute atomic E-state index is 13.7. The number of aryl methyl sites for hydroxylation is 1. The van der Waals surface area contributed by atoms with E-state index in [4.69, 9.17) is 0 Å². The van der Waals surface area contributed by atoms with Crippen molar-refractivity contribution in [2.75, 3.05) is 6.54 Å². The molecule has 5 rings (SSSR count). The summed E-state index contributed by atoms with van der Waals surface area (Å²) in [5.74, 6) is 0.970. The van der Waals surface area contributed by atoms with Crippen molar-refractivity contribution in [3.05, 3.63) is 66.0 Å². The Bertz CT molecular complexity index is 944. The van der Waals surface area contributed by atoms with Gasteiger partial charge in [0.25, 0.3) is 0 Å². The summed E-state index contributed by atoms with van der Waals surface area (Å²) < 4.78 is 0. The van der Waals surface area contributed by atoms with Crippen molar-refractivity contribution >= 4 is 11.8 Å². The molecule has 3 aliphatic rings. The zero-order valence-electron chi connectivity index (χ0n) is 18.7. The van der Waals surface area contributed by atoms with E-state index in [1.807, 2.05) is 36.5 Å². The number of amides is 2. The molecular formula is C27H33N3O2. The third-order valence-electron chi connectivity index (χ3n) is 7.97. The summed E-state index contributed by atoms with van der Waals surface area (Å²) in [7, 11) is 0. The highest BCUT2D eigenvalue weighted by Crippen LogP contribution is 2.52. The number of carbonyl (C=O) groups is 2. The number of fused-ring (bicyclic) bond motifs is 2. The third kappa shape index (κ3) is 4.05. The molecule has 3 fully saturated rings. The molecule has 1 aromatic carbocycles. The van der Waals surface area contributed by atoms with Gasteiger partial charge >= 0.3 is 0 Å². The number of nitrogens with zero attached hydrogens (tertiary/aromatic N) is 2. The van der Waals surface area contributed by atoms with Crippen LogP contribution in [0.25, 0.3) is 0 Å². The Morgan fingerprint density at radius 2 is 1.84 bits per heavy atom. The van der Waals surface area contributed by atoms with Gasteiger partial charge in [0.15, 0.2) is 0 Å². The molecule has 2 aromatic rings. The van der Waals surface area contributed by atoms with Gasteiger partial charge in [-0.1, -0.05) is 42.8 Å². The summed E-state index contributed by atoms with van der Waals surface area (Å²) in [6.07, 6.45) is 11.9. The van der Waals surface area contributed by atoms with Crippen LogP contribution in [0, 0.1) is 11.3 Å². The van der Waals surface area contributed by atoms with Crippen LogP contribution < -0.4 is 5.32 Å². The second kappa shape index (κ2) is 9.05. The van der Waals surface area contributed by atoms with Gasteiger partial charge in [-0.05, 0) is 68.1 Å². The number of hydrogen-bond acceptors (Lipinski definition) is 3. The SMILES string of the molecule is O=C(CCc1cccnc1)N1[C@@H]2CC[C@H]1[C@@](Cc1ccccc1)(C(=O)NCC1CCC1)C2. The number of carbonyl (C=O) groups excluding carboxylic acids is 2. The predicted molar refractivity (Wildman–Crippen MR) is 124 cm³/mol. The highest BCUT2D eigenvalue weighted by Gasteiger charge is 2.60. The average Bonchev–Trinajstić information content (AvgIpc) is 3.34. The lowest BCUT2D eigenvalue weighted by Crippen LogP contribution is -2.52. The maximum atomic E-state index is 13.7. The molecule has 0 spiro atoms. The van der Waals surface area contributed by atoms with E-state index in [-0.39, 0.29) is 23.9 Å². The lowest BCUT2D eigenvalue weighted by molar-refractivity contribution is -0.136. The molecule has 1 aliphatic carbocycles. The van der Waals surface area contributed by atoms with E-state index in [9.17, 15) is 9.59 Å². The first-order valence-corrected chi connectivity index (χ1v) is 12.2. The van der Waals surface area contributed by atoms with Gasteiger partial charge in [0.2, 0.25) is 11.8 Å². The highest BCUT2D eigenvalue weighted by molar-refractivity contribution is 5.87. The van der Waals surface area contributed by atoms with Crippen LogP contribution in [0.15, 0.2) is 54.9 Å². The van der Waals surface area contributed by atoms with Crippen LogP contribution in [-0.2, 0) is 22.4 Å². The van der Waals surface area contributed by atoms with Crippen LogP contribution in [0.4, 0.5) is 0 Å². The summed E-state index contributed by atoms with van der Waals surface area (Å²) >= 11 is 0. The second-order valence-electron chi connectivity index (χ2n) is 9.94. The molecule has 2 amide bonds. The van der Waals surface area contributed by atoms with Crippen molar-refractivity contribution in [2.45, 2.75) is 69.9 Å². The quantitative estimate of drug-likeness (QED) is 0.689. The minimum absolute atomic E-state index is 0.00417. The number of nitrogens with one attached hydrogen (secondary N) is 1. The van der Waals surface area contributed by atoms with Crippen molar-refractivity contribution in [1.82, 2.24) is 15.2 Å². The highest BCUT2D eigenvalue weighted by atomic mass is 16.2. The summed E-state index contributed by atoms with van der Waals surface area (Å²) in [6.45, 7) is 0.779. The molecule has 5 nitrogen and oxygen atoms in total. The molecule has 1 N–H and O–H groups in total. The molecule has 3 atom stereocenters. The van der Waals surface area contributed by atoms with E-state index in [2.05, 4.69) is 27.3 Å². The van der Waals surface area contributed by atoms with Crippen LogP contribution in [0.1, 0.15) is 56.1 Å². The average molecular weight is 432 g/mol. The molecule has 2 aliphatic heterocycles. The molecule has 0 unspecified atom stereocenters. The summed E-state index contributed by atoms with van der Waals surface area (Å²) in [5, 5.41) is 3.30. The molecular weight excluding hydrogens is 398 g/mol. The van der Waals surface area contributed by atoms with Gasteiger partial charge in [-0.3, -0.25) is 14.6 Å². The number of aromatic nitrogens is 1. The molecule has 2 bridgehead atoms. The Balaban J connectivity index is 1.34. The minimum atomic E-state index is -0.516. The van der Waals surface area contributed by atoms with Crippen LogP contribution in [-0.4, -0.2) is 40.3 Å². The minimum Gasteiger partial charge on any atom is -0.355 e. The van der Waals surface area contributed by atoms with Crippen LogP contribution >= 0.6 is 0 Å². The summed E-state index contributed by atoms with van der Waals surface area (Å²) in [6, 6.07) is 14.4. The van der Waals surface area contributed by atoms with Gasteiger partial charge < -0.3 is 10.2 Å². The zero-order chi connectivity index (χ0) is 22.0. The first-order valence-electron chi connectivity index (χ1n) is 12.2. The molecule has 1 saturated carbocycles. The van der Waals surface area contributed by atoms with Crippen LogP contribution in [0.5, 0.6) is 0 Å². The topological polar surface area (TPSA) is 62.3 Å². The lowest BCUT2D eigenvalue weighted by atomic mass is 9.69. The molecule has 168 valence electrons. The van der Waals surface area contributed by atoms with Crippen LogP contribution in [0.3, 0.4) is 0 Å². The fraction of sp³-hybridized carbons (Fsp3) is 0.519. The van der Waals surface area contributed by atoms with Crippen molar-refractivity contribution in [2.24, 2.45) is 11.3 Å². The van der Waals surface area contributed by atoms with Gasteiger partial charge in [0.05, 0.1) is 5.41 Å². The van der Waals surface area contributed by atoms with Gasteiger partial charge in [0.1, 0.15) is 0 Å². The number of rotatable bonds is 8. The normalized spacial score (nSPS) is 26.7. The smallest absolute Gasteiger partial charge is 0.228 e. The van der Waals surface area contributed by atoms with Crippen LogP contribution in [0.2, 0.25) is 0 Å². The fourth-order valence-electron chi connectivity index (χ4n) is 6.07. The molecule has 0 radical (unpaired) electrons. The largest absolute Gasteiger partial charge is 0.355 e. The number of benzene rings is 1.